The van der Waals surface area contributed by atoms with Gasteiger partial charge in [0.25, 0.3) is 5.56 Å². The summed E-state index contributed by atoms with van der Waals surface area (Å²) in [6.07, 6.45) is 0.798. The zero-order valence-electron chi connectivity index (χ0n) is 10.6. The number of H-pyrrole nitrogens is 1. The van der Waals surface area contributed by atoms with Gasteiger partial charge >= 0.3 is 0 Å². The lowest BCUT2D eigenvalue weighted by Gasteiger charge is -2.06. The molecule has 2 rings (SSSR count). The molecular weight excluding hydrogens is 226 g/mol. The zero-order valence-corrected chi connectivity index (χ0v) is 10.6. The van der Waals surface area contributed by atoms with Gasteiger partial charge in [0, 0.05) is 23.0 Å². The molecule has 3 N–H and O–H groups in total. The molecule has 0 aliphatic heterocycles. The van der Waals surface area contributed by atoms with Crippen LogP contribution in [0.2, 0.25) is 0 Å². The number of rotatable bonds is 3. The van der Waals surface area contributed by atoms with Gasteiger partial charge in [-0.25, -0.2) is 4.98 Å². The molecule has 0 fully saturated rings. The first-order chi connectivity index (χ1) is 8.54. The Bertz CT molecular complexity index is 585. The highest BCUT2D eigenvalue weighted by molar-refractivity contribution is 5.58. The number of benzene rings is 1. The third kappa shape index (κ3) is 2.97. The summed E-state index contributed by atoms with van der Waals surface area (Å²) in [6.45, 7) is 4.21. The van der Waals surface area contributed by atoms with Crippen molar-refractivity contribution in [3.63, 3.8) is 0 Å². The third-order valence-corrected chi connectivity index (χ3v) is 2.60. The monoisotopic (exact) mass is 243 g/mol. The smallest absolute Gasteiger partial charge is 0.251 e. The van der Waals surface area contributed by atoms with Crippen molar-refractivity contribution in [2.75, 3.05) is 5.73 Å². The van der Waals surface area contributed by atoms with Crippen molar-refractivity contribution in [1.82, 2.24) is 9.97 Å². The second-order valence-electron chi connectivity index (χ2n) is 4.81. The highest BCUT2D eigenvalue weighted by atomic mass is 16.1. The van der Waals surface area contributed by atoms with E-state index in [2.05, 4.69) is 23.8 Å². The molecule has 0 aliphatic carbocycles. The first-order valence-corrected chi connectivity index (χ1v) is 6.01. The molecule has 0 spiro atoms. The van der Waals surface area contributed by atoms with E-state index in [0.29, 0.717) is 17.4 Å². The Kier molecular flexibility index (Phi) is 3.46. The van der Waals surface area contributed by atoms with E-state index in [1.165, 1.54) is 0 Å². The lowest BCUT2D eigenvalue weighted by Crippen LogP contribution is -2.11. The maximum atomic E-state index is 11.6. The number of nitrogen functional groups attached to an aromatic ring is 1. The zero-order chi connectivity index (χ0) is 13.1. The number of nitrogens with zero attached hydrogens (tertiary/aromatic N) is 1. The molecule has 0 unspecified atom stereocenters. The summed E-state index contributed by atoms with van der Waals surface area (Å²) >= 11 is 0. The molecule has 1 heterocycles. The minimum Gasteiger partial charge on any atom is -0.399 e. The predicted octanol–water partition coefficient (Wildman–Crippen LogP) is 2.22. The SMILES string of the molecule is CC(C)Cc1cc(=O)[nH]c(-c2ccc(N)cc2)n1. The maximum Gasteiger partial charge on any atom is 0.251 e. The summed E-state index contributed by atoms with van der Waals surface area (Å²) < 4.78 is 0. The fourth-order valence-corrected chi connectivity index (χ4v) is 1.81. The first kappa shape index (κ1) is 12.4. The van der Waals surface area contributed by atoms with E-state index in [1.807, 2.05) is 12.1 Å². The van der Waals surface area contributed by atoms with E-state index < -0.39 is 0 Å². The van der Waals surface area contributed by atoms with Gasteiger partial charge in [-0.3, -0.25) is 4.79 Å². The molecule has 4 heteroatoms. The van der Waals surface area contributed by atoms with Gasteiger partial charge in [-0.1, -0.05) is 13.8 Å². The molecule has 18 heavy (non-hydrogen) atoms. The Hall–Kier alpha value is -2.10. The molecule has 0 amide bonds. The summed E-state index contributed by atoms with van der Waals surface area (Å²) in [7, 11) is 0. The van der Waals surface area contributed by atoms with Crippen LogP contribution in [0.5, 0.6) is 0 Å². The van der Waals surface area contributed by atoms with Crippen LogP contribution in [0.3, 0.4) is 0 Å². The fourth-order valence-electron chi connectivity index (χ4n) is 1.81. The van der Waals surface area contributed by atoms with Crippen molar-refractivity contribution in [3.8, 4) is 11.4 Å². The van der Waals surface area contributed by atoms with Crippen LogP contribution in [0.25, 0.3) is 11.4 Å². The van der Waals surface area contributed by atoms with Gasteiger partial charge in [0.05, 0.1) is 0 Å². The number of aromatic nitrogens is 2. The molecular formula is C14H17N3O. The van der Waals surface area contributed by atoms with Crippen LogP contribution in [0.4, 0.5) is 5.69 Å². The number of nitrogens with two attached hydrogens (primary N) is 1. The normalized spacial score (nSPS) is 10.8. The Morgan fingerprint density at radius 2 is 1.94 bits per heavy atom. The van der Waals surface area contributed by atoms with Gasteiger partial charge in [0.1, 0.15) is 5.82 Å². The average molecular weight is 243 g/mol. The van der Waals surface area contributed by atoms with Crippen molar-refractivity contribution >= 4 is 5.69 Å². The highest BCUT2D eigenvalue weighted by Gasteiger charge is 2.05. The summed E-state index contributed by atoms with van der Waals surface area (Å²) in [5.41, 5.74) is 7.90. The highest BCUT2D eigenvalue weighted by Crippen LogP contribution is 2.16. The first-order valence-electron chi connectivity index (χ1n) is 6.01. The summed E-state index contributed by atoms with van der Waals surface area (Å²) in [6, 6.07) is 8.86. The number of nitrogens with one attached hydrogen (secondary N) is 1. The molecule has 0 saturated heterocycles. The molecule has 2 aromatic rings. The topological polar surface area (TPSA) is 71.8 Å². The van der Waals surface area contributed by atoms with Crippen LogP contribution in [-0.4, -0.2) is 9.97 Å². The van der Waals surface area contributed by atoms with Crippen molar-refractivity contribution in [2.24, 2.45) is 5.92 Å². The second kappa shape index (κ2) is 5.04. The Labute approximate surface area is 106 Å². The van der Waals surface area contributed by atoms with Gasteiger partial charge in [0.2, 0.25) is 0 Å². The third-order valence-electron chi connectivity index (χ3n) is 2.60. The van der Waals surface area contributed by atoms with E-state index in [4.69, 9.17) is 5.73 Å². The summed E-state index contributed by atoms with van der Waals surface area (Å²) in [5.74, 6) is 1.07. The van der Waals surface area contributed by atoms with E-state index in [1.54, 1.807) is 18.2 Å². The molecule has 4 nitrogen and oxygen atoms in total. The molecule has 0 aliphatic rings. The van der Waals surface area contributed by atoms with Crippen LogP contribution in [0, 0.1) is 5.92 Å². The molecule has 0 atom stereocenters. The molecule has 1 aromatic heterocycles. The second-order valence-corrected chi connectivity index (χ2v) is 4.81. The van der Waals surface area contributed by atoms with E-state index >= 15 is 0 Å². The van der Waals surface area contributed by atoms with Crippen molar-refractivity contribution in [2.45, 2.75) is 20.3 Å². The van der Waals surface area contributed by atoms with Crippen LogP contribution in [0.15, 0.2) is 35.1 Å². The minimum absolute atomic E-state index is 0.118. The number of anilines is 1. The average Bonchev–Trinajstić information content (AvgIpc) is 2.28. The van der Waals surface area contributed by atoms with Gasteiger partial charge in [-0.05, 0) is 36.6 Å². The minimum atomic E-state index is -0.118. The molecule has 1 aromatic carbocycles. The Morgan fingerprint density at radius 1 is 1.28 bits per heavy atom. The molecule has 0 radical (unpaired) electrons. The van der Waals surface area contributed by atoms with Crippen LogP contribution in [0.1, 0.15) is 19.5 Å². The molecule has 0 saturated carbocycles. The van der Waals surface area contributed by atoms with Gasteiger partial charge < -0.3 is 10.7 Å². The lowest BCUT2D eigenvalue weighted by molar-refractivity contribution is 0.634. The van der Waals surface area contributed by atoms with Gasteiger partial charge in [0.15, 0.2) is 0 Å². The van der Waals surface area contributed by atoms with E-state index in [9.17, 15) is 4.79 Å². The standard InChI is InChI=1S/C14H17N3O/c1-9(2)7-12-8-13(18)17-14(16-12)10-3-5-11(15)6-4-10/h3-6,8-9H,7,15H2,1-2H3,(H,16,17,18). The Balaban J connectivity index is 2.41. The summed E-state index contributed by atoms with van der Waals surface area (Å²) in [4.78, 5) is 18.8. The number of hydrogen-bond acceptors (Lipinski definition) is 3. The maximum absolute atomic E-state index is 11.6. The van der Waals surface area contributed by atoms with Crippen LogP contribution >= 0.6 is 0 Å². The Morgan fingerprint density at radius 3 is 2.56 bits per heavy atom. The quantitative estimate of drug-likeness (QED) is 0.812. The number of hydrogen-bond donors (Lipinski definition) is 2. The predicted molar refractivity (Wildman–Crippen MR) is 73.2 cm³/mol. The van der Waals surface area contributed by atoms with Gasteiger partial charge in [-0.15, -0.1) is 0 Å². The van der Waals surface area contributed by atoms with E-state index in [0.717, 1.165) is 17.7 Å². The molecule has 94 valence electrons. The van der Waals surface area contributed by atoms with E-state index in [-0.39, 0.29) is 5.56 Å². The van der Waals surface area contributed by atoms with Crippen LogP contribution < -0.4 is 11.3 Å². The lowest BCUT2D eigenvalue weighted by atomic mass is 10.1. The van der Waals surface area contributed by atoms with Gasteiger partial charge in [-0.2, -0.15) is 0 Å². The largest absolute Gasteiger partial charge is 0.399 e. The molecule has 0 bridgehead atoms. The van der Waals surface area contributed by atoms with Crippen molar-refractivity contribution in [1.29, 1.82) is 0 Å². The van der Waals surface area contributed by atoms with Crippen molar-refractivity contribution in [3.05, 3.63) is 46.4 Å². The number of aromatic amines is 1. The van der Waals surface area contributed by atoms with Crippen molar-refractivity contribution < 1.29 is 0 Å². The van der Waals surface area contributed by atoms with Crippen LogP contribution in [-0.2, 0) is 6.42 Å². The summed E-state index contributed by atoms with van der Waals surface area (Å²) in [5, 5.41) is 0. The fraction of sp³-hybridized carbons (Fsp3) is 0.286.